The molecule has 6 heteroatoms. The lowest BCUT2D eigenvalue weighted by Crippen LogP contribution is -2.49. The molecule has 0 N–H and O–H groups in total. The van der Waals surface area contributed by atoms with Crippen LogP contribution in [0.15, 0.2) is 34.9 Å². The Bertz CT molecular complexity index is 735. The lowest BCUT2D eigenvalue weighted by Gasteiger charge is -2.34. The van der Waals surface area contributed by atoms with E-state index in [9.17, 15) is 4.79 Å². The summed E-state index contributed by atoms with van der Waals surface area (Å²) in [4.78, 5) is 19.0. The van der Waals surface area contributed by atoms with E-state index in [1.54, 1.807) is 0 Å². The summed E-state index contributed by atoms with van der Waals surface area (Å²) in [6, 6.07) is 10.2. The second kappa shape index (κ2) is 8.47. The fourth-order valence-electron chi connectivity index (χ4n) is 3.27. The van der Waals surface area contributed by atoms with Crippen LogP contribution in [0.4, 0.5) is 0 Å². The maximum Gasteiger partial charge on any atom is 0.236 e. The third-order valence-corrected chi connectivity index (χ3v) is 4.98. The Hall–Kier alpha value is -2.18. The maximum atomic E-state index is 12.6. The van der Waals surface area contributed by atoms with Crippen molar-refractivity contribution in [3.05, 3.63) is 52.9 Å². The SMILES string of the molecule is Cc1cc(CN2CCN(CC(=O)N(C)Cc3ccccc3C)CC2)no1. The minimum Gasteiger partial charge on any atom is -0.361 e. The van der Waals surface area contributed by atoms with Gasteiger partial charge < -0.3 is 9.42 Å². The van der Waals surface area contributed by atoms with Crippen molar-refractivity contribution in [1.82, 2.24) is 19.9 Å². The van der Waals surface area contributed by atoms with Crippen LogP contribution in [0.1, 0.15) is 22.6 Å². The normalized spacial score (nSPS) is 16.0. The van der Waals surface area contributed by atoms with Crippen LogP contribution in [-0.4, -0.2) is 65.5 Å². The predicted octanol–water partition coefficient (Wildman–Crippen LogP) is 2.07. The number of hydrogen-bond donors (Lipinski definition) is 0. The molecule has 1 aromatic heterocycles. The van der Waals surface area contributed by atoms with Crippen molar-refractivity contribution in [2.45, 2.75) is 26.9 Å². The quantitative estimate of drug-likeness (QED) is 0.793. The number of amides is 1. The second-order valence-electron chi connectivity index (χ2n) is 7.16. The first-order chi connectivity index (χ1) is 12.5. The number of hydrogen-bond acceptors (Lipinski definition) is 5. The average Bonchev–Trinajstić information content (AvgIpc) is 3.03. The van der Waals surface area contributed by atoms with Crippen LogP contribution >= 0.6 is 0 Å². The lowest BCUT2D eigenvalue weighted by atomic mass is 10.1. The molecule has 1 aliphatic heterocycles. The Balaban J connectivity index is 1.43. The van der Waals surface area contributed by atoms with Gasteiger partial charge in [0.2, 0.25) is 5.91 Å². The number of aryl methyl sites for hydroxylation is 2. The van der Waals surface area contributed by atoms with Crippen molar-refractivity contribution in [2.24, 2.45) is 0 Å². The molecule has 26 heavy (non-hydrogen) atoms. The summed E-state index contributed by atoms with van der Waals surface area (Å²) >= 11 is 0. The van der Waals surface area contributed by atoms with E-state index in [2.05, 4.69) is 34.0 Å². The molecule has 6 nitrogen and oxygen atoms in total. The number of aromatic nitrogens is 1. The van der Waals surface area contributed by atoms with Crippen molar-refractivity contribution < 1.29 is 9.32 Å². The molecule has 0 spiro atoms. The number of nitrogens with zero attached hydrogens (tertiary/aromatic N) is 4. The van der Waals surface area contributed by atoms with E-state index in [1.807, 2.05) is 37.1 Å². The Morgan fingerprint density at radius 1 is 1.15 bits per heavy atom. The monoisotopic (exact) mass is 356 g/mol. The molecular formula is C20H28N4O2. The van der Waals surface area contributed by atoms with Crippen molar-refractivity contribution >= 4 is 5.91 Å². The summed E-state index contributed by atoms with van der Waals surface area (Å²) in [5.74, 6) is 1.02. The first-order valence-corrected chi connectivity index (χ1v) is 9.16. The Morgan fingerprint density at radius 2 is 1.85 bits per heavy atom. The standard InChI is InChI=1S/C20H28N4O2/c1-16-6-4-5-7-18(16)13-22(3)20(25)15-24-10-8-23(9-11-24)14-19-12-17(2)26-21-19/h4-7,12H,8-11,13-15H2,1-3H3. The minimum atomic E-state index is 0.175. The fraction of sp³-hybridized carbons (Fsp3) is 0.500. The van der Waals surface area contributed by atoms with Crippen LogP contribution in [0, 0.1) is 13.8 Å². The fourth-order valence-corrected chi connectivity index (χ4v) is 3.27. The van der Waals surface area contributed by atoms with Crippen molar-refractivity contribution in [2.75, 3.05) is 39.8 Å². The molecule has 1 aliphatic rings. The van der Waals surface area contributed by atoms with Gasteiger partial charge in [0, 0.05) is 52.4 Å². The van der Waals surface area contributed by atoms with E-state index in [1.165, 1.54) is 11.1 Å². The zero-order valence-corrected chi connectivity index (χ0v) is 15.9. The Labute approximate surface area is 155 Å². The number of carbonyl (C=O) groups is 1. The smallest absolute Gasteiger partial charge is 0.236 e. The van der Waals surface area contributed by atoms with Crippen LogP contribution in [0.25, 0.3) is 0 Å². The summed E-state index contributed by atoms with van der Waals surface area (Å²) in [6.07, 6.45) is 0. The number of piperazine rings is 1. The average molecular weight is 356 g/mol. The summed E-state index contributed by atoms with van der Waals surface area (Å²) in [5.41, 5.74) is 3.41. The van der Waals surface area contributed by atoms with Gasteiger partial charge in [-0.15, -0.1) is 0 Å². The highest BCUT2D eigenvalue weighted by molar-refractivity contribution is 5.78. The molecule has 140 valence electrons. The van der Waals surface area contributed by atoms with Crippen molar-refractivity contribution in [1.29, 1.82) is 0 Å². The van der Waals surface area contributed by atoms with Gasteiger partial charge in [-0.25, -0.2) is 0 Å². The largest absolute Gasteiger partial charge is 0.361 e. The molecule has 0 aliphatic carbocycles. The number of likely N-dealkylation sites (N-methyl/N-ethyl adjacent to an activating group) is 1. The van der Waals surface area contributed by atoms with Gasteiger partial charge in [-0.1, -0.05) is 29.4 Å². The Kier molecular flexibility index (Phi) is 6.06. The summed E-state index contributed by atoms with van der Waals surface area (Å²) in [5, 5.41) is 4.06. The molecular weight excluding hydrogens is 328 g/mol. The van der Waals surface area contributed by atoms with Gasteiger partial charge in [0.05, 0.1) is 12.2 Å². The predicted molar refractivity (Wildman–Crippen MR) is 101 cm³/mol. The van der Waals surface area contributed by atoms with Crippen LogP contribution in [0.3, 0.4) is 0 Å². The van der Waals surface area contributed by atoms with Gasteiger partial charge in [0.25, 0.3) is 0 Å². The van der Waals surface area contributed by atoms with E-state index in [4.69, 9.17) is 4.52 Å². The Morgan fingerprint density at radius 3 is 2.50 bits per heavy atom. The van der Waals surface area contributed by atoms with E-state index >= 15 is 0 Å². The molecule has 0 unspecified atom stereocenters. The van der Waals surface area contributed by atoms with E-state index < -0.39 is 0 Å². The highest BCUT2D eigenvalue weighted by atomic mass is 16.5. The summed E-state index contributed by atoms with van der Waals surface area (Å²) in [6.45, 7) is 9.66. The highest BCUT2D eigenvalue weighted by Gasteiger charge is 2.21. The van der Waals surface area contributed by atoms with Crippen LogP contribution in [-0.2, 0) is 17.9 Å². The molecule has 2 aromatic rings. The molecule has 1 fully saturated rings. The number of benzene rings is 1. The van der Waals surface area contributed by atoms with Crippen molar-refractivity contribution in [3.63, 3.8) is 0 Å². The van der Waals surface area contributed by atoms with Gasteiger partial charge in [-0.3, -0.25) is 14.6 Å². The number of rotatable bonds is 6. The topological polar surface area (TPSA) is 52.8 Å². The second-order valence-corrected chi connectivity index (χ2v) is 7.16. The van der Waals surface area contributed by atoms with Gasteiger partial charge in [-0.05, 0) is 25.0 Å². The third kappa shape index (κ3) is 4.93. The zero-order chi connectivity index (χ0) is 18.5. The molecule has 0 atom stereocenters. The molecule has 0 radical (unpaired) electrons. The summed E-state index contributed by atoms with van der Waals surface area (Å²) in [7, 11) is 1.89. The van der Waals surface area contributed by atoms with Gasteiger partial charge in [0.1, 0.15) is 5.76 Å². The number of carbonyl (C=O) groups excluding carboxylic acids is 1. The van der Waals surface area contributed by atoms with Crippen LogP contribution in [0.5, 0.6) is 0 Å². The first kappa shape index (κ1) is 18.6. The first-order valence-electron chi connectivity index (χ1n) is 9.16. The van der Waals surface area contributed by atoms with Crippen LogP contribution < -0.4 is 0 Å². The summed E-state index contributed by atoms with van der Waals surface area (Å²) < 4.78 is 5.13. The van der Waals surface area contributed by atoms with Gasteiger partial charge in [-0.2, -0.15) is 0 Å². The molecule has 3 rings (SSSR count). The highest BCUT2D eigenvalue weighted by Crippen LogP contribution is 2.11. The maximum absolute atomic E-state index is 12.6. The minimum absolute atomic E-state index is 0.175. The zero-order valence-electron chi connectivity index (χ0n) is 15.9. The van der Waals surface area contributed by atoms with E-state index in [-0.39, 0.29) is 5.91 Å². The van der Waals surface area contributed by atoms with Crippen LogP contribution in [0.2, 0.25) is 0 Å². The van der Waals surface area contributed by atoms with Crippen molar-refractivity contribution in [3.8, 4) is 0 Å². The third-order valence-electron chi connectivity index (χ3n) is 4.98. The molecule has 1 saturated heterocycles. The molecule has 1 amide bonds. The van der Waals surface area contributed by atoms with Gasteiger partial charge >= 0.3 is 0 Å². The molecule has 0 saturated carbocycles. The molecule has 0 bridgehead atoms. The molecule has 2 heterocycles. The van der Waals surface area contributed by atoms with E-state index in [0.717, 1.165) is 44.2 Å². The van der Waals surface area contributed by atoms with E-state index in [0.29, 0.717) is 13.1 Å². The lowest BCUT2D eigenvalue weighted by molar-refractivity contribution is -0.132. The molecule has 1 aromatic carbocycles. The van der Waals surface area contributed by atoms with Gasteiger partial charge in [0.15, 0.2) is 0 Å².